The van der Waals surface area contributed by atoms with Crippen LogP contribution in [0.4, 0.5) is 10.2 Å². The number of nitrogens with zero attached hydrogens (tertiary/aromatic N) is 7. The molecule has 2 aromatic heterocycles. The lowest BCUT2D eigenvalue weighted by molar-refractivity contribution is -0.0351. The smallest absolute Gasteiger partial charge is 0.168 e. The molecule has 9 nitrogen and oxygen atoms in total. The highest BCUT2D eigenvalue weighted by Crippen LogP contribution is 2.33. The molecular formula is C10H10FN7O2. The summed E-state index contributed by atoms with van der Waals surface area (Å²) in [6.07, 6.45) is -0.0720. The highest BCUT2D eigenvalue weighted by atomic mass is 19.1. The molecule has 0 unspecified atom stereocenters. The molecule has 1 N–H and O–H groups in total. The summed E-state index contributed by atoms with van der Waals surface area (Å²) in [7, 11) is 0. The van der Waals surface area contributed by atoms with Crippen LogP contribution < -0.4 is 0 Å². The normalized spacial score (nSPS) is 25.8. The zero-order valence-electron chi connectivity index (χ0n) is 10.2. The van der Waals surface area contributed by atoms with Crippen molar-refractivity contribution in [2.45, 2.75) is 24.9 Å². The molecule has 1 aliphatic heterocycles. The molecular weight excluding hydrogens is 269 g/mol. The van der Waals surface area contributed by atoms with E-state index in [0.29, 0.717) is 5.65 Å². The number of aliphatic hydroxyl groups excluding tert-OH is 1. The average Bonchev–Trinajstić information content (AvgIpc) is 3.03. The molecule has 1 saturated heterocycles. The fourth-order valence-electron chi connectivity index (χ4n) is 2.20. The molecule has 1 fully saturated rings. The van der Waals surface area contributed by atoms with Gasteiger partial charge in [0, 0.05) is 11.3 Å². The third kappa shape index (κ3) is 1.95. The first-order valence-electron chi connectivity index (χ1n) is 5.87. The van der Waals surface area contributed by atoms with E-state index in [4.69, 9.17) is 15.4 Å². The highest BCUT2D eigenvalue weighted by molar-refractivity contribution is 5.80. The van der Waals surface area contributed by atoms with E-state index >= 15 is 0 Å². The van der Waals surface area contributed by atoms with Crippen molar-refractivity contribution in [2.24, 2.45) is 5.11 Å². The van der Waals surface area contributed by atoms with E-state index in [1.807, 2.05) is 0 Å². The second-order valence-electron chi connectivity index (χ2n) is 4.29. The van der Waals surface area contributed by atoms with Crippen molar-refractivity contribution in [3.63, 3.8) is 0 Å². The van der Waals surface area contributed by atoms with Crippen LogP contribution in [0.3, 0.4) is 0 Å². The molecule has 3 heterocycles. The van der Waals surface area contributed by atoms with Gasteiger partial charge in [0.1, 0.15) is 18.0 Å². The van der Waals surface area contributed by atoms with Crippen LogP contribution >= 0.6 is 0 Å². The minimum absolute atomic E-state index is 0.0726. The molecule has 20 heavy (non-hydrogen) atoms. The summed E-state index contributed by atoms with van der Waals surface area (Å²) in [6, 6.07) is 0. The van der Waals surface area contributed by atoms with Gasteiger partial charge in [0.25, 0.3) is 0 Å². The average molecular weight is 279 g/mol. The van der Waals surface area contributed by atoms with Crippen LogP contribution in [0.1, 0.15) is 12.6 Å². The summed E-state index contributed by atoms with van der Waals surface area (Å²) in [4.78, 5) is 14.5. The van der Waals surface area contributed by atoms with E-state index < -0.39 is 18.5 Å². The third-order valence-corrected chi connectivity index (χ3v) is 3.09. The molecule has 0 radical (unpaired) electrons. The lowest BCUT2D eigenvalue weighted by Gasteiger charge is -2.15. The molecule has 0 aromatic carbocycles. The Balaban J connectivity index is 2.05. The topological polar surface area (TPSA) is 122 Å². The highest BCUT2D eigenvalue weighted by Gasteiger charge is 2.37. The van der Waals surface area contributed by atoms with Crippen LogP contribution in [-0.4, -0.2) is 43.5 Å². The lowest BCUT2D eigenvalue weighted by atomic mass is 10.2. The maximum absolute atomic E-state index is 14.0. The SMILES string of the molecule is [N-]=[N+]=Nc1ncnc2c1ncn2[C@@H]1O[C@H](CO)C[C@@H]1F. The number of hydrogen-bond acceptors (Lipinski definition) is 6. The Morgan fingerprint density at radius 1 is 1.55 bits per heavy atom. The number of imidazole rings is 1. The number of halogens is 1. The van der Waals surface area contributed by atoms with Gasteiger partial charge in [-0.3, -0.25) is 4.57 Å². The Morgan fingerprint density at radius 2 is 2.40 bits per heavy atom. The van der Waals surface area contributed by atoms with Crippen LogP contribution in [0.25, 0.3) is 21.6 Å². The second-order valence-corrected chi connectivity index (χ2v) is 4.29. The molecule has 0 aliphatic carbocycles. The van der Waals surface area contributed by atoms with E-state index in [2.05, 4.69) is 25.0 Å². The van der Waals surface area contributed by atoms with E-state index in [0.717, 1.165) is 0 Å². The van der Waals surface area contributed by atoms with Gasteiger partial charge < -0.3 is 9.84 Å². The Hall–Kier alpha value is -2.29. The van der Waals surface area contributed by atoms with E-state index in [9.17, 15) is 4.39 Å². The molecule has 0 saturated carbocycles. The number of alkyl halides is 1. The molecule has 3 rings (SSSR count). The number of aromatic nitrogens is 4. The monoisotopic (exact) mass is 279 g/mol. The molecule has 0 amide bonds. The van der Waals surface area contributed by atoms with Gasteiger partial charge in [-0.05, 0) is 10.6 Å². The lowest BCUT2D eigenvalue weighted by Crippen LogP contribution is -2.16. The summed E-state index contributed by atoms with van der Waals surface area (Å²) in [5.74, 6) is 0.0726. The fourth-order valence-corrected chi connectivity index (χ4v) is 2.20. The summed E-state index contributed by atoms with van der Waals surface area (Å²) < 4.78 is 20.8. The number of hydrogen-bond donors (Lipinski definition) is 1. The Kier molecular flexibility index (Phi) is 3.18. The van der Waals surface area contributed by atoms with Gasteiger partial charge in [0.2, 0.25) is 0 Å². The zero-order valence-corrected chi connectivity index (χ0v) is 10.2. The van der Waals surface area contributed by atoms with Gasteiger partial charge in [0.05, 0.1) is 19.0 Å². The van der Waals surface area contributed by atoms with Gasteiger partial charge in [-0.1, -0.05) is 0 Å². The molecule has 3 atom stereocenters. The summed E-state index contributed by atoms with van der Waals surface area (Å²) in [5, 5.41) is 12.4. The maximum Gasteiger partial charge on any atom is 0.168 e. The summed E-state index contributed by atoms with van der Waals surface area (Å²) in [5.41, 5.74) is 9.04. The van der Waals surface area contributed by atoms with Gasteiger partial charge in [-0.15, -0.1) is 0 Å². The second kappa shape index (κ2) is 5.00. The number of rotatable bonds is 3. The standard InChI is InChI=1S/C10H10FN7O2/c11-6-1-5(2-19)20-10(6)18-4-15-7-8(16-17-12)13-3-14-9(7)18/h3-6,10,19H,1-2H2/t5-,6-,10+/m0/s1. The van der Waals surface area contributed by atoms with Gasteiger partial charge in [0.15, 0.2) is 17.7 Å². The van der Waals surface area contributed by atoms with Crippen molar-refractivity contribution in [2.75, 3.05) is 6.61 Å². The van der Waals surface area contributed by atoms with Crippen molar-refractivity contribution in [3.05, 3.63) is 23.1 Å². The van der Waals surface area contributed by atoms with Crippen LogP contribution in [-0.2, 0) is 4.74 Å². The van der Waals surface area contributed by atoms with Crippen molar-refractivity contribution in [3.8, 4) is 0 Å². The fraction of sp³-hybridized carbons (Fsp3) is 0.500. The van der Waals surface area contributed by atoms with Crippen molar-refractivity contribution in [1.29, 1.82) is 0 Å². The van der Waals surface area contributed by atoms with Crippen molar-refractivity contribution >= 4 is 17.0 Å². The minimum atomic E-state index is -1.28. The predicted molar refractivity (Wildman–Crippen MR) is 64.6 cm³/mol. The van der Waals surface area contributed by atoms with Crippen LogP contribution in [0.5, 0.6) is 0 Å². The van der Waals surface area contributed by atoms with Crippen LogP contribution in [0, 0.1) is 0 Å². The van der Waals surface area contributed by atoms with Gasteiger partial charge >= 0.3 is 0 Å². The number of ether oxygens (including phenoxy) is 1. The van der Waals surface area contributed by atoms with Gasteiger partial charge in [-0.25, -0.2) is 19.3 Å². The number of aliphatic hydroxyl groups is 1. The first kappa shape index (κ1) is 12.7. The molecule has 1 aliphatic rings. The van der Waals surface area contributed by atoms with E-state index in [1.165, 1.54) is 17.2 Å². The minimum Gasteiger partial charge on any atom is -0.394 e. The molecule has 0 bridgehead atoms. The number of fused-ring (bicyclic) bond motifs is 1. The Bertz CT molecular complexity index is 683. The van der Waals surface area contributed by atoms with Crippen LogP contribution in [0.15, 0.2) is 17.8 Å². The van der Waals surface area contributed by atoms with Gasteiger partial charge in [-0.2, -0.15) is 0 Å². The quantitative estimate of drug-likeness (QED) is 0.516. The third-order valence-electron chi connectivity index (χ3n) is 3.09. The first-order chi connectivity index (χ1) is 9.74. The van der Waals surface area contributed by atoms with Crippen LogP contribution in [0.2, 0.25) is 0 Å². The van der Waals surface area contributed by atoms with E-state index in [1.54, 1.807) is 0 Å². The number of azide groups is 1. The summed E-state index contributed by atoms with van der Waals surface area (Å²) >= 11 is 0. The molecule has 2 aromatic rings. The van der Waals surface area contributed by atoms with Crippen molar-refractivity contribution < 1.29 is 14.2 Å². The Morgan fingerprint density at radius 3 is 3.10 bits per heavy atom. The largest absolute Gasteiger partial charge is 0.394 e. The first-order valence-corrected chi connectivity index (χ1v) is 5.87. The molecule has 104 valence electrons. The zero-order chi connectivity index (χ0) is 14.1. The Labute approximate surface area is 111 Å². The van der Waals surface area contributed by atoms with E-state index in [-0.39, 0.29) is 24.4 Å². The molecule has 0 spiro atoms. The van der Waals surface area contributed by atoms with Crippen molar-refractivity contribution in [1.82, 2.24) is 19.5 Å². The predicted octanol–water partition coefficient (Wildman–Crippen LogP) is 1.39. The summed E-state index contributed by atoms with van der Waals surface area (Å²) in [6.45, 7) is -0.248. The molecule has 10 heteroatoms. The maximum atomic E-state index is 14.0.